The second-order valence-electron chi connectivity index (χ2n) is 16.3. The molecule has 0 N–H and O–H groups in total. The van der Waals surface area contributed by atoms with E-state index < -0.39 is 0 Å². The Balaban J connectivity index is 0.778. The average Bonchev–Trinajstić information content (AvgIpc) is 3.23. The molecule has 0 radical (unpaired) electrons. The van der Waals surface area contributed by atoms with Crippen LogP contribution in [0.15, 0.2) is 73.3 Å². The Kier molecular flexibility index (Phi) is 9.77. The second-order valence-corrected chi connectivity index (χ2v) is 16.7. The minimum Gasteiger partial charge on any atom is -0.355 e. The van der Waals surface area contributed by atoms with E-state index in [4.69, 9.17) is 46.3 Å². The number of aromatic nitrogens is 6. The number of nitrogens with zero attached hydrogens (tertiary/aromatic N) is 12. The van der Waals surface area contributed by atoms with Crippen molar-refractivity contribution < 1.29 is 4.39 Å². The van der Waals surface area contributed by atoms with E-state index in [1.807, 2.05) is 24.3 Å². The van der Waals surface area contributed by atoms with Gasteiger partial charge in [0.25, 0.3) is 6.07 Å². The largest absolute Gasteiger partial charge is 0.360 e. The maximum atomic E-state index is 13.7. The molecule has 8 heterocycles. The summed E-state index contributed by atoms with van der Waals surface area (Å²) >= 11 is 6.80. The molecule has 6 aromatic rings. The van der Waals surface area contributed by atoms with Gasteiger partial charge in [-0.3, -0.25) is 9.97 Å². The lowest BCUT2D eigenvalue weighted by Crippen LogP contribution is -2.47. The summed E-state index contributed by atoms with van der Waals surface area (Å²) in [5.74, 6) is 4.32. The van der Waals surface area contributed by atoms with Crippen LogP contribution < -0.4 is 19.6 Å². The van der Waals surface area contributed by atoms with Crippen LogP contribution >= 0.6 is 11.6 Å². The van der Waals surface area contributed by atoms with Crippen LogP contribution in [0.2, 0.25) is 5.02 Å². The summed E-state index contributed by atoms with van der Waals surface area (Å²) in [5, 5.41) is 11.7. The number of rotatable bonds is 6. The highest BCUT2D eigenvalue weighted by Crippen LogP contribution is 2.39. The van der Waals surface area contributed by atoms with E-state index in [9.17, 15) is 9.65 Å². The summed E-state index contributed by atoms with van der Waals surface area (Å²) in [6, 6.07) is 20.5. The Bertz CT molecular complexity index is 2660. The van der Waals surface area contributed by atoms with Gasteiger partial charge in [0.05, 0.1) is 40.5 Å². The minimum atomic E-state index is -0.255. The standard InChI is InChI=1S/C45H43ClFN12/c1-28-18-32-20-36(46)39(21-38(32)55-43(28)59-26-34(27-59)42-45(52-13-11-50-42)56-14-6-29(22-48)7-15-56)53-23-30-8-16-57(17-9-30)44-41(49-10-12-51-44)33-24-58(25-33)40-5-2-31-19-35(47)3-4-37(31)54-40/h2-5,10-13,18-21,29-30,33-34H,6-9,14-17,24-27H2,1H3/q+1. The third kappa shape index (κ3) is 7.29. The number of halogens is 2. The van der Waals surface area contributed by atoms with Gasteiger partial charge in [0.2, 0.25) is 0 Å². The van der Waals surface area contributed by atoms with E-state index in [-0.39, 0.29) is 29.5 Å². The van der Waals surface area contributed by atoms with Crippen molar-refractivity contribution in [2.24, 2.45) is 11.8 Å². The summed E-state index contributed by atoms with van der Waals surface area (Å²) in [4.78, 5) is 43.0. The number of benzene rings is 2. The van der Waals surface area contributed by atoms with E-state index >= 15 is 0 Å². The van der Waals surface area contributed by atoms with Gasteiger partial charge in [0, 0.05) is 106 Å². The summed E-state index contributed by atoms with van der Waals surface area (Å²) in [7, 11) is 0. The van der Waals surface area contributed by atoms with Gasteiger partial charge in [-0.25, -0.2) is 24.3 Å². The van der Waals surface area contributed by atoms with Gasteiger partial charge < -0.3 is 19.6 Å². The molecule has 0 saturated carbocycles. The molecule has 0 unspecified atom stereocenters. The van der Waals surface area contributed by atoms with E-state index in [1.165, 1.54) is 12.1 Å². The molecule has 0 spiro atoms. The SMILES string of the molecule is Cc1cc2cc(Cl)c([N+]#CC3CCN(c4nccnc4C4CN(c5ccc6cc(F)ccc6n5)C4)CC3)cc2nc1N1CC(c2nccnc2N2CCC(C#N)CC2)C1. The van der Waals surface area contributed by atoms with Crippen LogP contribution in [0.5, 0.6) is 0 Å². The first kappa shape index (κ1) is 37.1. The Morgan fingerprint density at radius 2 is 1.29 bits per heavy atom. The van der Waals surface area contributed by atoms with Crippen LogP contribution in [-0.2, 0) is 0 Å². The van der Waals surface area contributed by atoms with Gasteiger partial charge in [0.1, 0.15) is 22.5 Å². The maximum absolute atomic E-state index is 13.7. The zero-order valence-electron chi connectivity index (χ0n) is 32.8. The molecule has 59 heavy (non-hydrogen) atoms. The normalized spacial score (nSPS) is 18.1. The third-order valence-electron chi connectivity index (χ3n) is 12.4. The second kappa shape index (κ2) is 15.5. The highest BCUT2D eigenvalue weighted by atomic mass is 35.5. The first-order valence-electron chi connectivity index (χ1n) is 20.5. The van der Waals surface area contributed by atoms with E-state index in [2.05, 4.69) is 44.7 Å². The van der Waals surface area contributed by atoms with Crippen molar-refractivity contribution in [3.05, 3.63) is 106 Å². The monoisotopic (exact) mass is 805 g/mol. The fraction of sp³-hybridized carbons (Fsp3) is 0.378. The van der Waals surface area contributed by atoms with Crippen LogP contribution in [0.4, 0.5) is 33.3 Å². The predicted octanol–water partition coefficient (Wildman–Crippen LogP) is 8.29. The van der Waals surface area contributed by atoms with Crippen molar-refractivity contribution in [2.45, 2.75) is 44.4 Å². The molecule has 10 rings (SSSR count). The van der Waals surface area contributed by atoms with Crippen molar-refractivity contribution >= 4 is 62.4 Å². The summed E-state index contributed by atoms with van der Waals surface area (Å²) in [5.41, 5.74) is 5.46. The van der Waals surface area contributed by atoms with Crippen molar-refractivity contribution in [2.75, 3.05) is 72.0 Å². The lowest BCUT2D eigenvalue weighted by atomic mass is 9.93. The number of pyridine rings is 2. The molecule has 14 heteroatoms. The van der Waals surface area contributed by atoms with Crippen LogP contribution in [-0.4, -0.2) is 82.3 Å². The number of anilines is 4. The molecule has 4 aromatic heterocycles. The molecule has 4 aliphatic rings. The van der Waals surface area contributed by atoms with Crippen LogP contribution in [0.25, 0.3) is 26.7 Å². The molecular formula is C45H43ClFN12+. The van der Waals surface area contributed by atoms with Gasteiger partial charge in [0.15, 0.2) is 11.6 Å². The average molecular weight is 806 g/mol. The zero-order valence-corrected chi connectivity index (χ0v) is 33.6. The highest BCUT2D eigenvalue weighted by molar-refractivity contribution is 6.34. The lowest BCUT2D eigenvalue weighted by molar-refractivity contribution is 0.473. The Morgan fingerprint density at radius 3 is 1.95 bits per heavy atom. The number of aryl methyl sites for hydroxylation is 1. The maximum Gasteiger partial charge on any atom is 0.360 e. The molecule has 4 fully saturated rings. The molecule has 0 atom stereocenters. The molecule has 296 valence electrons. The number of nitriles is 1. The van der Waals surface area contributed by atoms with Gasteiger partial charge in [-0.1, -0.05) is 11.6 Å². The van der Waals surface area contributed by atoms with Crippen molar-refractivity contribution in [1.29, 1.82) is 5.26 Å². The van der Waals surface area contributed by atoms with Crippen LogP contribution in [0.3, 0.4) is 0 Å². The summed E-state index contributed by atoms with van der Waals surface area (Å²) in [6.45, 7) is 8.66. The smallest absolute Gasteiger partial charge is 0.355 e. The third-order valence-corrected chi connectivity index (χ3v) is 12.7. The molecule has 0 aliphatic carbocycles. The Labute approximate surface area is 347 Å². The molecule has 0 amide bonds. The number of hydrogen-bond donors (Lipinski definition) is 0. The van der Waals surface area contributed by atoms with Crippen LogP contribution in [0.1, 0.15) is 54.5 Å². The number of fused-ring (bicyclic) bond motifs is 2. The van der Waals surface area contributed by atoms with Crippen molar-refractivity contribution in [1.82, 2.24) is 29.9 Å². The predicted molar refractivity (Wildman–Crippen MR) is 230 cm³/mol. The van der Waals surface area contributed by atoms with E-state index in [0.29, 0.717) is 10.7 Å². The first-order chi connectivity index (χ1) is 28.9. The Hall–Kier alpha value is -6.18. The fourth-order valence-corrected chi connectivity index (χ4v) is 9.17. The number of piperidine rings is 2. The highest BCUT2D eigenvalue weighted by Gasteiger charge is 2.36. The quantitative estimate of drug-likeness (QED) is 0.162. The van der Waals surface area contributed by atoms with E-state index in [0.717, 1.165) is 140 Å². The zero-order chi connectivity index (χ0) is 40.0. The van der Waals surface area contributed by atoms with Crippen molar-refractivity contribution in [3.8, 4) is 12.1 Å². The fourth-order valence-electron chi connectivity index (χ4n) is 8.96. The molecule has 2 aromatic carbocycles. The summed E-state index contributed by atoms with van der Waals surface area (Å²) < 4.78 is 13.7. The summed E-state index contributed by atoms with van der Waals surface area (Å²) in [6.07, 6.45) is 10.6. The van der Waals surface area contributed by atoms with Gasteiger partial charge in [-0.15, -0.1) is 0 Å². The molecular weight excluding hydrogens is 763 g/mol. The van der Waals surface area contributed by atoms with Gasteiger partial charge in [-0.2, -0.15) is 5.26 Å². The molecule has 12 nitrogen and oxygen atoms in total. The lowest BCUT2D eigenvalue weighted by Gasteiger charge is -2.42. The topological polar surface area (TPSA) is 118 Å². The van der Waals surface area contributed by atoms with E-state index in [1.54, 1.807) is 30.9 Å². The Morgan fingerprint density at radius 1 is 0.661 bits per heavy atom. The number of hydrogen-bond acceptors (Lipinski definition) is 11. The van der Waals surface area contributed by atoms with Gasteiger partial charge >= 0.3 is 5.69 Å². The first-order valence-corrected chi connectivity index (χ1v) is 20.9. The molecule has 4 saturated heterocycles. The minimum absolute atomic E-state index is 0.124. The molecule has 0 bridgehead atoms. The molecule has 4 aliphatic heterocycles. The van der Waals surface area contributed by atoms with Crippen LogP contribution in [0, 0.1) is 42.0 Å². The van der Waals surface area contributed by atoms with Gasteiger partial charge in [-0.05, 0) is 85.5 Å². The van der Waals surface area contributed by atoms with Crippen molar-refractivity contribution in [3.63, 3.8) is 0 Å².